The third-order valence-electron chi connectivity index (χ3n) is 15.2. The molecular formula is C57H63FN6O13. The van der Waals surface area contributed by atoms with E-state index >= 15 is 4.39 Å². The first-order chi connectivity index (χ1) is 36.8. The van der Waals surface area contributed by atoms with Crippen LogP contribution in [0.4, 0.5) is 4.39 Å². The predicted octanol–water partition coefficient (Wildman–Crippen LogP) is 4.22. The molecule has 3 N–H and O–H groups in total. The average Bonchev–Trinajstić information content (AvgIpc) is 4.03. The molecule has 8 rings (SSSR count). The minimum atomic E-state index is -2.05. The van der Waals surface area contributed by atoms with E-state index in [-0.39, 0.29) is 113 Å². The van der Waals surface area contributed by atoms with Crippen molar-refractivity contribution >= 4 is 63.8 Å². The minimum Gasteiger partial charge on any atom is -0.458 e. The van der Waals surface area contributed by atoms with Crippen molar-refractivity contribution in [2.75, 3.05) is 33.3 Å². The second-order valence-corrected chi connectivity index (χ2v) is 20.3. The quantitative estimate of drug-likeness (QED) is 0.0420. The van der Waals surface area contributed by atoms with Crippen LogP contribution in [0, 0.1) is 18.7 Å². The fourth-order valence-corrected chi connectivity index (χ4v) is 10.8. The molecule has 3 aliphatic heterocycles. The van der Waals surface area contributed by atoms with Gasteiger partial charge in [-0.3, -0.25) is 48.1 Å². The predicted molar refractivity (Wildman–Crippen MR) is 276 cm³/mol. The number of imide groups is 1. The maximum Gasteiger partial charge on any atom is 0.343 e. The number of nitrogens with zero attached hydrogens (tertiary/aromatic N) is 4. The number of hydrogen-bond acceptors (Lipinski definition) is 14. The summed E-state index contributed by atoms with van der Waals surface area (Å²) in [5.74, 6) is -5.29. The molecule has 5 heterocycles. The number of unbranched alkanes of at least 4 members (excludes halogenated alkanes) is 2. The van der Waals surface area contributed by atoms with E-state index in [1.54, 1.807) is 63.1 Å². The van der Waals surface area contributed by atoms with Gasteiger partial charge in [0.15, 0.2) is 17.2 Å². The molecule has 2 aromatic heterocycles. The molecule has 0 spiro atoms. The number of rotatable bonds is 25. The maximum absolute atomic E-state index is 15.5. The maximum atomic E-state index is 15.5. The number of ether oxygens (including phenoxy) is 2. The second-order valence-electron chi connectivity index (χ2n) is 20.3. The molecule has 19 nitrogen and oxygen atoms in total. The number of pyridine rings is 2. The zero-order chi connectivity index (χ0) is 55.3. The number of hydrogen-bond donors (Lipinski definition) is 3. The number of carbonyl (C=O) groups excluding carboxylic acids is 9. The van der Waals surface area contributed by atoms with Gasteiger partial charge in [0, 0.05) is 86.3 Å². The molecule has 1 aliphatic carbocycles. The zero-order valence-corrected chi connectivity index (χ0v) is 43.7. The van der Waals surface area contributed by atoms with E-state index in [1.165, 1.54) is 22.8 Å². The highest BCUT2D eigenvalue weighted by Crippen LogP contribution is 2.47. The monoisotopic (exact) mass is 1060 g/mol. The number of aryl methyl sites for hydroxylation is 1. The number of likely N-dealkylation sites (N-methyl/N-ethyl adjacent to an activating group) is 1. The van der Waals surface area contributed by atoms with Gasteiger partial charge in [0.05, 0.1) is 54.8 Å². The molecule has 0 fully saturated rings. The zero-order valence-electron chi connectivity index (χ0n) is 43.7. The summed E-state index contributed by atoms with van der Waals surface area (Å²) in [6.07, 6.45) is 3.80. The van der Waals surface area contributed by atoms with Crippen LogP contribution in [0.25, 0.3) is 22.3 Å². The summed E-state index contributed by atoms with van der Waals surface area (Å²) in [6, 6.07) is 11.4. The van der Waals surface area contributed by atoms with Crippen LogP contribution in [0.2, 0.25) is 0 Å². The van der Waals surface area contributed by atoms with E-state index in [0.29, 0.717) is 71.1 Å². The summed E-state index contributed by atoms with van der Waals surface area (Å²) in [5.41, 5.74) is 2.17. The molecule has 406 valence electrons. The van der Waals surface area contributed by atoms with Gasteiger partial charge in [-0.05, 0) is 80.7 Å². The van der Waals surface area contributed by atoms with Gasteiger partial charge in [-0.2, -0.15) is 0 Å². The Labute approximate surface area is 443 Å². The van der Waals surface area contributed by atoms with Crippen molar-refractivity contribution in [1.29, 1.82) is 0 Å². The van der Waals surface area contributed by atoms with Gasteiger partial charge in [0.25, 0.3) is 23.3 Å². The third-order valence-corrected chi connectivity index (χ3v) is 15.2. The SMILES string of the molecule is CC[C@@]1(O)C(=O)OCc2c1cc1n(c2=O)Cc2c-1nc1cc(F)c(C)c3c1c2[C@@H](N(C)C(=O)[C@@H](C)OCCC(=O)CNC(=O)[C@@H](CC(=O)CNC(=O)CCC(=O)CCCCCN1C(=O)C=CC1=O)Cc1ccccc1)CC3. The molecule has 0 saturated carbocycles. The first-order valence-electron chi connectivity index (χ1n) is 26.2. The lowest BCUT2D eigenvalue weighted by Crippen LogP contribution is -2.44. The van der Waals surface area contributed by atoms with E-state index < -0.39 is 70.3 Å². The number of esters is 1. The lowest BCUT2D eigenvalue weighted by Gasteiger charge is -2.36. The highest BCUT2D eigenvalue weighted by Gasteiger charge is 2.46. The van der Waals surface area contributed by atoms with Gasteiger partial charge in [-0.25, -0.2) is 14.2 Å². The lowest BCUT2D eigenvalue weighted by molar-refractivity contribution is -0.172. The van der Waals surface area contributed by atoms with Gasteiger partial charge in [-0.15, -0.1) is 0 Å². The number of aromatic nitrogens is 2. The van der Waals surface area contributed by atoms with Gasteiger partial charge in [0.1, 0.15) is 24.3 Å². The Morgan fingerprint density at radius 1 is 0.909 bits per heavy atom. The topological polar surface area (TPSA) is 258 Å². The molecule has 5 amide bonds. The Morgan fingerprint density at radius 2 is 1.64 bits per heavy atom. The molecule has 0 unspecified atom stereocenters. The Kier molecular flexibility index (Phi) is 17.2. The number of carbonyl (C=O) groups is 9. The summed E-state index contributed by atoms with van der Waals surface area (Å²) in [6.45, 7) is 4.02. The molecule has 0 bridgehead atoms. The summed E-state index contributed by atoms with van der Waals surface area (Å²) < 4.78 is 28.2. The van der Waals surface area contributed by atoms with E-state index in [2.05, 4.69) is 10.6 Å². The van der Waals surface area contributed by atoms with Crippen LogP contribution in [-0.4, -0.2) is 117 Å². The number of aliphatic hydroxyl groups is 1. The number of fused-ring (bicyclic) bond motifs is 5. The van der Waals surface area contributed by atoms with Gasteiger partial charge < -0.3 is 34.7 Å². The highest BCUT2D eigenvalue weighted by molar-refractivity contribution is 6.12. The fraction of sp³-hybridized carbons (Fsp3) is 0.456. The van der Waals surface area contributed by atoms with Crippen molar-refractivity contribution < 1.29 is 62.1 Å². The standard InChI is InChI=1S/C57H63FN6O13/c1-5-57(75)42-26-46-52-40(30-64(46)55(73)41(42)31-77-56(57)74)51-45(17-16-39-32(2)43(58)27-44(61-52)50(39)51)62(4)54(72)33(3)76-23-21-37(66)28-60-53(71)35(24-34-12-8-6-9-13-34)25-38(67)29-59-47(68)18-15-36(65)14-10-7-11-22-63-48(69)19-20-49(63)70/h6,8-9,12-13,19-20,26-27,33,35,45,75H,5,7,10-11,14-18,21-25,28-31H2,1-4H3,(H,59,68)(H,60,71)/t33-,35-,45+,57+/m1/s1. The number of Topliss-reactive ketones (excluding diaryl/α,β-unsaturated/α-hetero) is 3. The van der Waals surface area contributed by atoms with E-state index in [0.717, 1.165) is 16.0 Å². The number of benzene rings is 2. The van der Waals surface area contributed by atoms with Crippen LogP contribution in [0.3, 0.4) is 0 Å². The van der Waals surface area contributed by atoms with Crippen molar-refractivity contribution in [2.24, 2.45) is 5.92 Å². The van der Waals surface area contributed by atoms with Crippen LogP contribution in [0.5, 0.6) is 0 Å². The number of cyclic esters (lactones) is 1. The summed E-state index contributed by atoms with van der Waals surface area (Å²) in [5, 5.41) is 17.3. The van der Waals surface area contributed by atoms with E-state index in [9.17, 15) is 53.1 Å². The first-order valence-corrected chi connectivity index (χ1v) is 26.2. The number of ketones is 3. The van der Waals surface area contributed by atoms with Crippen LogP contribution < -0.4 is 16.2 Å². The van der Waals surface area contributed by atoms with Crippen LogP contribution in [-0.2, 0) is 84.2 Å². The summed E-state index contributed by atoms with van der Waals surface area (Å²) in [4.78, 5) is 137. The third kappa shape index (κ3) is 11.9. The molecule has 0 radical (unpaired) electrons. The van der Waals surface area contributed by atoms with Crippen molar-refractivity contribution in [3.05, 3.63) is 110 Å². The van der Waals surface area contributed by atoms with Gasteiger partial charge >= 0.3 is 5.97 Å². The second kappa shape index (κ2) is 23.8. The van der Waals surface area contributed by atoms with Gasteiger partial charge in [-0.1, -0.05) is 43.7 Å². The van der Waals surface area contributed by atoms with Crippen LogP contribution in [0.15, 0.2) is 59.4 Å². The van der Waals surface area contributed by atoms with Crippen molar-refractivity contribution in [1.82, 2.24) is 30.0 Å². The Hall–Kier alpha value is -7.58. The number of halogens is 1. The fourth-order valence-electron chi connectivity index (χ4n) is 10.8. The molecule has 4 aliphatic rings. The lowest BCUT2D eigenvalue weighted by atomic mass is 9.81. The number of nitrogens with one attached hydrogen (secondary N) is 2. The summed E-state index contributed by atoms with van der Waals surface area (Å²) in [7, 11) is 1.64. The van der Waals surface area contributed by atoms with E-state index in [1.807, 2.05) is 6.07 Å². The Morgan fingerprint density at radius 3 is 2.36 bits per heavy atom. The first kappa shape index (κ1) is 55.6. The van der Waals surface area contributed by atoms with Gasteiger partial charge in [0.2, 0.25) is 11.8 Å². The minimum absolute atomic E-state index is 0.0204. The molecule has 4 atom stereocenters. The Balaban J connectivity index is 0.832. The highest BCUT2D eigenvalue weighted by atomic mass is 19.1. The normalized spacial score (nSPS) is 17.8. The van der Waals surface area contributed by atoms with Crippen LogP contribution in [0.1, 0.15) is 123 Å². The molecule has 2 aromatic carbocycles. The molecule has 4 aromatic rings. The van der Waals surface area contributed by atoms with E-state index in [4.69, 9.17) is 14.5 Å². The van der Waals surface area contributed by atoms with Crippen molar-refractivity contribution in [2.45, 2.75) is 129 Å². The smallest absolute Gasteiger partial charge is 0.343 e. The molecular weight excluding hydrogens is 996 g/mol. The molecule has 77 heavy (non-hydrogen) atoms. The largest absolute Gasteiger partial charge is 0.458 e. The Bertz CT molecular complexity index is 3150. The number of amides is 5. The van der Waals surface area contributed by atoms with Crippen LogP contribution >= 0.6 is 0 Å². The van der Waals surface area contributed by atoms with Crippen molar-refractivity contribution in [3.8, 4) is 11.4 Å². The summed E-state index contributed by atoms with van der Waals surface area (Å²) >= 11 is 0. The van der Waals surface area contributed by atoms with Crippen molar-refractivity contribution in [3.63, 3.8) is 0 Å². The average molecular weight is 1060 g/mol. The molecule has 20 heteroatoms. The molecule has 0 saturated heterocycles.